The van der Waals surface area contributed by atoms with Crippen molar-refractivity contribution in [3.8, 4) is 11.5 Å². The number of amides is 1. The van der Waals surface area contributed by atoms with Crippen LogP contribution in [0, 0.1) is 18.7 Å². The third-order valence-electron chi connectivity index (χ3n) is 6.83. The van der Waals surface area contributed by atoms with Gasteiger partial charge in [0.1, 0.15) is 11.6 Å². The molecule has 1 aliphatic heterocycles. The number of furan rings is 1. The highest BCUT2D eigenvalue weighted by Crippen LogP contribution is 2.45. The van der Waals surface area contributed by atoms with Gasteiger partial charge in [-0.05, 0) is 73.7 Å². The average molecular weight is 638 g/mol. The topological polar surface area (TPSA) is 115 Å². The van der Waals surface area contributed by atoms with Crippen molar-refractivity contribution >= 4 is 39.9 Å². The molecule has 44 heavy (non-hydrogen) atoms. The Hall–Kier alpha value is -4.16. The molecule has 230 valence electrons. The minimum absolute atomic E-state index is 0.00447. The van der Waals surface area contributed by atoms with Crippen molar-refractivity contribution in [3.63, 3.8) is 0 Å². The summed E-state index contributed by atoms with van der Waals surface area (Å²) >= 11 is 2.52. The number of rotatable bonds is 13. The summed E-state index contributed by atoms with van der Waals surface area (Å²) in [6.45, 7) is 8.63. The Morgan fingerprint density at radius 3 is 2.57 bits per heavy atom. The fourth-order valence-electron chi connectivity index (χ4n) is 4.61. The van der Waals surface area contributed by atoms with Crippen molar-refractivity contribution in [1.29, 1.82) is 0 Å². The summed E-state index contributed by atoms with van der Waals surface area (Å²) in [5, 5.41) is 19.8. The molecule has 3 heterocycles. The van der Waals surface area contributed by atoms with E-state index in [4.69, 9.17) is 13.9 Å². The highest BCUT2D eigenvalue weighted by Gasteiger charge is 2.47. The Labute approximate surface area is 262 Å². The number of hydrogen-bond acceptors (Lipinski definition) is 10. The first-order valence-corrected chi connectivity index (χ1v) is 15.9. The number of benzene rings is 2. The number of aromatic nitrogens is 2. The Morgan fingerprint density at radius 1 is 1.11 bits per heavy atom. The van der Waals surface area contributed by atoms with Gasteiger partial charge in [-0.3, -0.25) is 14.5 Å². The maximum Gasteiger partial charge on any atom is 0.296 e. The molecule has 1 amide bonds. The van der Waals surface area contributed by atoms with Gasteiger partial charge in [-0.2, -0.15) is 0 Å². The van der Waals surface area contributed by atoms with Gasteiger partial charge < -0.3 is 19.0 Å². The van der Waals surface area contributed by atoms with Crippen LogP contribution in [0.1, 0.15) is 60.7 Å². The molecule has 9 nitrogen and oxygen atoms in total. The predicted octanol–water partition coefficient (Wildman–Crippen LogP) is 7.48. The maximum absolute atomic E-state index is 13.7. The number of anilines is 1. The number of nitrogens with zero attached hydrogens (tertiary/aromatic N) is 3. The third kappa shape index (κ3) is 6.81. The molecule has 5 rings (SSSR count). The number of carbonyl (C=O) groups is 2. The van der Waals surface area contributed by atoms with Gasteiger partial charge in [0.25, 0.3) is 5.91 Å². The van der Waals surface area contributed by atoms with E-state index < -0.39 is 23.5 Å². The first-order chi connectivity index (χ1) is 21.2. The van der Waals surface area contributed by atoms with E-state index in [0.717, 1.165) is 23.3 Å². The summed E-state index contributed by atoms with van der Waals surface area (Å²) in [7, 11) is 0. The second kappa shape index (κ2) is 13.6. The molecule has 1 unspecified atom stereocenters. The highest BCUT2D eigenvalue weighted by atomic mass is 32.2. The number of ketones is 1. The van der Waals surface area contributed by atoms with Crippen LogP contribution in [0.15, 0.2) is 74.7 Å². The molecule has 1 aliphatic rings. The van der Waals surface area contributed by atoms with Gasteiger partial charge in [0.05, 0.1) is 24.8 Å². The number of thioether (sulfide) groups is 1. The zero-order valence-corrected chi connectivity index (χ0v) is 26.3. The number of carbonyl (C=O) groups excluding carboxylic acids is 2. The summed E-state index contributed by atoms with van der Waals surface area (Å²) in [6, 6.07) is 13.4. The number of aliphatic hydroxyl groups is 1. The fraction of sp³-hybridized carbons (Fsp3) is 0.312. The van der Waals surface area contributed by atoms with Gasteiger partial charge in [0.15, 0.2) is 27.4 Å². The van der Waals surface area contributed by atoms with Crippen molar-refractivity contribution in [2.24, 2.45) is 5.92 Å². The highest BCUT2D eigenvalue weighted by molar-refractivity contribution is 8.00. The average Bonchev–Trinajstić information content (AvgIpc) is 3.71. The lowest BCUT2D eigenvalue weighted by Crippen LogP contribution is -2.31. The standard InChI is InChI=1S/C32H32FN3O6S2/c1-5-40-25-16-21(9-13-23(25)41-15-14-18(2)3)27-26(28(37)24-12-6-19(4)42-24)29(38)30(39)36(27)31-34-35-32(44-31)43-17-20-7-10-22(33)11-8-20/h6-13,16,18,27,38H,5,14-15,17H2,1-4H3. The second-order valence-electron chi connectivity index (χ2n) is 10.5. The lowest BCUT2D eigenvalue weighted by atomic mass is 9.95. The Morgan fingerprint density at radius 2 is 1.89 bits per heavy atom. The molecule has 0 saturated heterocycles. The summed E-state index contributed by atoms with van der Waals surface area (Å²) < 4.78 is 31.3. The monoisotopic (exact) mass is 637 g/mol. The zero-order valence-electron chi connectivity index (χ0n) is 24.7. The molecule has 1 atom stereocenters. The van der Waals surface area contributed by atoms with Crippen LogP contribution in [0.2, 0.25) is 0 Å². The van der Waals surface area contributed by atoms with Crippen LogP contribution in [0.3, 0.4) is 0 Å². The minimum atomic E-state index is -1.05. The van der Waals surface area contributed by atoms with Crippen LogP contribution in [0.4, 0.5) is 9.52 Å². The van der Waals surface area contributed by atoms with Crippen LogP contribution >= 0.6 is 23.1 Å². The van der Waals surface area contributed by atoms with E-state index in [1.165, 1.54) is 34.9 Å². The van der Waals surface area contributed by atoms with Crippen molar-refractivity contribution in [2.75, 3.05) is 18.1 Å². The number of hydrogen-bond donors (Lipinski definition) is 1. The SMILES string of the molecule is CCOc1cc(C2C(C(=O)c3ccc(C)o3)=C(O)C(=O)N2c2nnc(SCc3ccc(F)cc3)s2)ccc1OCCC(C)C. The molecule has 0 fully saturated rings. The van der Waals surface area contributed by atoms with E-state index in [9.17, 15) is 19.1 Å². The molecule has 2 aromatic heterocycles. The quantitative estimate of drug-likeness (QED) is 0.0905. The summed E-state index contributed by atoms with van der Waals surface area (Å²) in [5.41, 5.74) is 1.25. The number of aliphatic hydroxyl groups excluding tert-OH is 1. The van der Waals surface area contributed by atoms with Gasteiger partial charge in [-0.15, -0.1) is 10.2 Å². The van der Waals surface area contributed by atoms with E-state index in [-0.39, 0.29) is 22.3 Å². The molecule has 0 spiro atoms. The number of aryl methyl sites for hydroxylation is 1. The van der Waals surface area contributed by atoms with E-state index >= 15 is 0 Å². The van der Waals surface area contributed by atoms with Crippen molar-refractivity contribution in [3.05, 3.63) is 94.4 Å². The molecular formula is C32H32FN3O6S2. The first-order valence-electron chi connectivity index (χ1n) is 14.1. The Bertz CT molecular complexity index is 1680. The van der Waals surface area contributed by atoms with Gasteiger partial charge in [0.2, 0.25) is 10.9 Å². The van der Waals surface area contributed by atoms with Crippen LogP contribution < -0.4 is 14.4 Å². The first kappa shape index (κ1) is 31.3. The van der Waals surface area contributed by atoms with E-state index in [1.807, 2.05) is 6.92 Å². The lowest BCUT2D eigenvalue weighted by molar-refractivity contribution is -0.117. The summed E-state index contributed by atoms with van der Waals surface area (Å²) in [6.07, 6.45) is 0.856. The number of halogens is 1. The predicted molar refractivity (Wildman–Crippen MR) is 166 cm³/mol. The molecule has 12 heteroatoms. The van der Waals surface area contributed by atoms with Gasteiger partial charge in [0, 0.05) is 5.75 Å². The van der Waals surface area contributed by atoms with E-state index in [2.05, 4.69) is 24.0 Å². The normalized spacial score (nSPS) is 15.0. The molecule has 4 aromatic rings. The van der Waals surface area contributed by atoms with E-state index in [0.29, 0.717) is 52.0 Å². The summed E-state index contributed by atoms with van der Waals surface area (Å²) in [5.74, 6) is 0.0279. The van der Waals surface area contributed by atoms with Crippen molar-refractivity contribution < 1.29 is 33.0 Å². The molecular weight excluding hydrogens is 605 g/mol. The largest absolute Gasteiger partial charge is 0.503 e. The molecule has 2 aromatic carbocycles. The van der Waals surface area contributed by atoms with Gasteiger partial charge in [-0.1, -0.05) is 55.1 Å². The van der Waals surface area contributed by atoms with E-state index in [1.54, 1.807) is 43.3 Å². The smallest absolute Gasteiger partial charge is 0.296 e. The fourth-order valence-corrected chi connectivity index (χ4v) is 6.43. The molecule has 0 aliphatic carbocycles. The molecule has 1 N–H and O–H groups in total. The minimum Gasteiger partial charge on any atom is -0.503 e. The maximum atomic E-state index is 13.7. The van der Waals surface area contributed by atoms with Gasteiger partial charge >= 0.3 is 0 Å². The Balaban J connectivity index is 1.51. The molecule has 0 saturated carbocycles. The van der Waals surface area contributed by atoms with Crippen molar-refractivity contribution in [2.45, 2.75) is 50.3 Å². The number of Topliss-reactive ketones (excluding diaryl/α,β-unsaturated/α-hetero) is 1. The molecule has 0 bridgehead atoms. The zero-order chi connectivity index (χ0) is 31.4. The number of ether oxygens (including phenoxy) is 2. The third-order valence-corrected chi connectivity index (χ3v) is 8.96. The van der Waals surface area contributed by atoms with Crippen LogP contribution in [0.25, 0.3) is 0 Å². The van der Waals surface area contributed by atoms with Gasteiger partial charge in [-0.25, -0.2) is 4.39 Å². The summed E-state index contributed by atoms with van der Waals surface area (Å²) in [4.78, 5) is 28.6. The Kier molecular flexibility index (Phi) is 9.70. The van der Waals surface area contributed by atoms with Crippen molar-refractivity contribution in [1.82, 2.24) is 10.2 Å². The van der Waals surface area contributed by atoms with Crippen LogP contribution in [0.5, 0.6) is 11.5 Å². The van der Waals surface area contributed by atoms with Crippen LogP contribution in [-0.2, 0) is 10.5 Å². The van der Waals surface area contributed by atoms with Crippen LogP contribution in [-0.4, -0.2) is 40.2 Å². The molecule has 0 radical (unpaired) electrons. The lowest BCUT2D eigenvalue weighted by Gasteiger charge is -2.25. The second-order valence-corrected chi connectivity index (χ2v) is 12.7.